The summed E-state index contributed by atoms with van der Waals surface area (Å²) >= 11 is 0. The first-order valence-electron chi connectivity index (χ1n) is 8.58. The Labute approximate surface area is 180 Å². The standard InChI is InChI=1S/C16H34O4S.K/c1-2-13-16(21(18,19)20)14-11-9-7-5-3-4-6-8-10-12-15-17;/h16-17H,2-15H2,1H3,(H,18,19,20);/q;+1/p-1. The molecule has 22 heavy (non-hydrogen) atoms. The van der Waals surface area contributed by atoms with Crippen molar-refractivity contribution in [1.29, 1.82) is 0 Å². The van der Waals surface area contributed by atoms with E-state index >= 15 is 0 Å². The monoisotopic (exact) mass is 360 g/mol. The van der Waals surface area contributed by atoms with Gasteiger partial charge in [-0.15, -0.1) is 0 Å². The fraction of sp³-hybridized carbons (Fsp3) is 1.00. The normalized spacial score (nSPS) is 12.9. The van der Waals surface area contributed by atoms with Gasteiger partial charge in [0.1, 0.15) is 0 Å². The average Bonchev–Trinajstić information content (AvgIpc) is 2.42. The van der Waals surface area contributed by atoms with Gasteiger partial charge in [0, 0.05) is 11.9 Å². The molecule has 4 nitrogen and oxygen atoms in total. The Morgan fingerprint density at radius 2 is 1.23 bits per heavy atom. The largest absolute Gasteiger partial charge is 1.00 e. The molecule has 0 aromatic carbocycles. The molecular weight excluding hydrogens is 327 g/mol. The van der Waals surface area contributed by atoms with Crippen molar-refractivity contribution in [2.24, 2.45) is 0 Å². The fourth-order valence-corrected chi connectivity index (χ4v) is 3.63. The molecule has 0 rings (SSSR count). The van der Waals surface area contributed by atoms with Crippen LogP contribution in [0.4, 0.5) is 0 Å². The summed E-state index contributed by atoms with van der Waals surface area (Å²) in [7, 11) is -4.11. The maximum absolute atomic E-state index is 11.1. The Morgan fingerprint density at radius 3 is 1.59 bits per heavy atom. The predicted octanol–water partition coefficient (Wildman–Crippen LogP) is 0.988. The number of aliphatic hydroxyl groups is 1. The first kappa shape index (κ1) is 25.7. The van der Waals surface area contributed by atoms with Crippen LogP contribution in [0.5, 0.6) is 0 Å². The van der Waals surface area contributed by atoms with Gasteiger partial charge in [-0.2, -0.15) is 0 Å². The van der Waals surface area contributed by atoms with E-state index in [0.29, 0.717) is 19.4 Å². The number of hydrogen-bond acceptors (Lipinski definition) is 4. The molecule has 0 saturated carbocycles. The molecule has 128 valence electrons. The van der Waals surface area contributed by atoms with Gasteiger partial charge in [-0.3, -0.25) is 0 Å². The minimum atomic E-state index is -4.11. The predicted molar refractivity (Wildman–Crippen MR) is 86.3 cm³/mol. The van der Waals surface area contributed by atoms with E-state index in [1.165, 1.54) is 32.1 Å². The Bertz CT molecular complexity index is 320. The summed E-state index contributed by atoms with van der Waals surface area (Å²) in [5.74, 6) is 0. The van der Waals surface area contributed by atoms with E-state index < -0.39 is 15.4 Å². The van der Waals surface area contributed by atoms with Gasteiger partial charge in [-0.05, 0) is 19.3 Å². The van der Waals surface area contributed by atoms with E-state index in [-0.39, 0.29) is 51.4 Å². The molecule has 0 fully saturated rings. The summed E-state index contributed by atoms with van der Waals surface area (Å²) in [6.45, 7) is 2.22. The minimum Gasteiger partial charge on any atom is -0.748 e. The van der Waals surface area contributed by atoms with Crippen LogP contribution < -0.4 is 51.4 Å². The SMILES string of the molecule is CCCC(CCCCCCCCCCCCO)S(=O)(=O)[O-].[K+]. The van der Waals surface area contributed by atoms with E-state index in [2.05, 4.69) is 0 Å². The van der Waals surface area contributed by atoms with Gasteiger partial charge >= 0.3 is 51.4 Å². The number of hydrogen-bond donors (Lipinski definition) is 1. The van der Waals surface area contributed by atoms with Crippen molar-refractivity contribution < 1.29 is 69.5 Å². The molecule has 0 bridgehead atoms. The summed E-state index contributed by atoms with van der Waals surface area (Å²) in [6, 6.07) is 0. The number of aliphatic hydroxyl groups excluding tert-OH is 1. The molecule has 0 amide bonds. The van der Waals surface area contributed by atoms with Crippen molar-refractivity contribution >= 4 is 10.1 Å². The summed E-state index contributed by atoms with van der Waals surface area (Å²) in [4.78, 5) is 0. The Kier molecular flexibility index (Phi) is 20.3. The van der Waals surface area contributed by atoms with Gasteiger partial charge in [0.15, 0.2) is 0 Å². The van der Waals surface area contributed by atoms with Gasteiger partial charge in [-0.1, -0.05) is 71.1 Å². The zero-order valence-electron chi connectivity index (χ0n) is 14.6. The molecular formula is C16H33KO4S. The van der Waals surface area contributed by atoms with Crippen molar-refractivity contribution in [3.63, 3.8) is 0 Å². The third-order valence-electron chi connectivity index (χ3n) is 3.95. The smallest absolute Gasteiger partial charge is 0.748 e. The first-order chi connectivity index (χ1) is 10.0. The molecule has 0 aromatic heterocycles. The summed E-state index contributed by atoms with van der Waals surface area (Å²) in [5.41, 5.74) is 0. The van der Waals surface area contributed by atoms with Gasteiger partial charge < -0.3 is 9.66 Å². The first-order valence-corrected chi connectivity index (χ1v) is 10.0. The molecule has 0 aromatic rings. The molecule has 0 spiro atoms. The quantitative estimate of drug-likeness (QED) is 0.268. The van der Waals surface area contributed by atoms with Gasteiger partial charge in [0.2, 0.25) is 0 Å². The van der Waals surface area contributed by atoms with Crippen LogP contribution in [-0.2, 0) is 10.1 Å². The van der Waals surface area contributed by atoms with Gasteiger partial charge in [0.25, 0.3) is 0 Å². The third-order valence-corrected chi connectivity index (χ3v) is 5.24. The summed E-state index contributed by atoms with van der Waals surface area (Å²) in [5, 5.41) is 7.98. The Hall–Kier alpha value is 1.51. The minimum absolute atomic E-state index is 0. The third kappa shape index (κ3) is 16.4. The topological polar surface area (TPSA) is 77.4 Å². The number of unbranched alkanes of at least 4 members (excludes halogenated alkanes) is 9. The molecule has 0 radical (unpaired) electrons. The molecule has 0 aliphatic rings. The Morgan fingerprint density at radius 1 is 0.818 bits per heavy atom. The molecule has 1 atom stereocenters. The molecule has 0 aliphatic heterocycles. The van der Waals surface area contributed by atoms with Gasteiger partial charge in [0.05, 0.1) is 10.1 Å². The van der Waals surface area contributed by atoms with Crippen molar-refractivity contribution in [1.82, 2.24) is 0 Å². The second kappa shape index (κ2) is 17.3. The fourth-order valence-electron chi connectivity index (χ4n) is 2.65. The molecule has 1 N–H and O–H groups in total. The van der Waals surface area contributed by atoms with Gasteiger partial charge in [-0.25, -0.2) is 8.42 Å². The van der Waals surface area contributed by atoms with Crippen molar-refractivity contribution in [3.05, 3.63) is 0 Å². The van der Waals surface area contributed by atoms with E-state index in [9.17, 15) is 13.0 Å². The number of rotatable bonds is 15. The van der Waals surface area contributed by atoms with E-state index in [1.807, 2.05) is 6.92 Å². The second-order valence-electron chi connectivity index (χ2n) is 5.95. The molecule has 0 heterocycles. The van der Waals surface area contributed by atoms with Crippen LogP contribution in [0, 0.1) is 0 Å². The van der Waals surface area contributed by atoms with E-state index in [4.69, 9.17) is 5.11 Å². The van der Waals surface area contributed by atoms with Crippen LogP contribution in [0.15, 0.2) is 0 Å². The molecule has 6 heteroatoms. The zero-order valence-corrected chi connectivity index (χ0v) is 18.5. The summed E-state index contributed by atoms with van der Waals surface area (Å²) < 4.78 is 33.2. The second-order valence-corrected chi connectivity index (χ2v) is 7.60. The van der Waals surface area contributed by atoms with Crippen LogP contribution in [-0.4, -0.2) is 29.9 Å². The maximum Gasteiger partial charge on any atom is 1.00 e. The van der Waals surface area contributed by atoms with Crippen LogP contribution in [0.3, 0.4) is 0 Å². The average molecular weight is 361 g/mol. The molecule has 0 aliphatic carbocycles. The summed E-state index contributed by atoms with van der Waals surface area (Å²) in [6.07, 6.45) is 13.0. The van der Waals surface area contributed by atoms with Crippen molar-refractivity contribution in [2.45, 2.75) is 95.6 Å². The Balaban J connectivity index is 0. The van der Waals surface area contributed by atoms with Crippen molar-refractivity contribution in [3.8, 4) is 0 Å². The van der Waals surface area contributed by atoms with Crippen molar-refractivity contribution in [2.75, 3.05) is 6.61 Å². The molecule has 1 unspecified atom stereocenters. The van der Waals surface area contributed by atoms with Crippen LogP contribution in [0.2, 0.25) is 0 Å². The van der Waals surface area contributed by atoms with E-state index in [0.717, 1.165) is 38.5 Å². The van der Waals surface area contributed by atoms with Crippen LogP contribution >= 0.6 is 0 Å². The maximum atomic E-state index is 11.1. The zero-order chi connectivity index (χ0) is 16.0. The van der Waals surface area contributed by atoms with Crippen LogP contribution in [0.1, 0.15) is 90.4 Å². The molecule has 0 saturated heterocycles. The van der Waals surface area contributed by atoms with Crippen LogP contribution in [0.25, 0.3) is 0 Å². The van der Waals surface area contributed by atoms with E-state index in [1.54, 1.807) is 0 Å².